The molecule has 19 heavy (non-hydrogen) atoms. The first-order valence-corrected chi connectivity index (χ1v) is 7.70. The fourth-order valence-corrected chi connectivity index (χ4v) is 4.13. The van der Waals surface area contributed by atoms with Crippen molar-refractivity contribution in [2.45, 2.75) is 12.5 Å². The van der Waals surface area contributed by atoms with Crippen LogP contribution in [-0.4, -0.2) is 38.8 Å². The molecule has 0 aliphatic carbocycles. The topological polar surface area (TPSA) is 87.2 Å². The van der Waals surface area contributed by atoms with Crippen LogP contribution >= 0.6 is 0 Å². The van der Waals surface area contributed by atoms with Gasteiger partial charge in [0, 0.05) is 13.1 Å². The third kappa shape index (κ3) is 2.70. The Bertz CT molecular complexity index is 615. The van der Waals surface area contributed by atoms with Crippen molar-refractivity contribution in [3.63, 3.8) is 0 Å². The zero-order chi connectivity index (χ0) is 14.2. The van der Waals surface area contributed by atoms with Gasteiger partial charge in [0.25, 0.3) is 0 Å². The maximum absolute atomic E-state index is 13.7. The van der Waals surface area contributed by atoms with Gasteiger partial charge >= 0.3 is 0 Å². The van der Waals surface area contributed by atoms with Crippen molar-refractivity contribution >= 4 is 21.4 Å². The van der Waals surface area contributed by atoms with Gasteiger partial charge in [-0.15, -0.1) is 0 Å². The predicted octanol–water partition coefficient (Wildman–Crippen LogP) is 0.733. The van der Waals surface area contributed by atoms with Crippen LogP contribution in [-0.2, 0) is 9.84 Å². The van der Waals surface area contributed by atoms with Gasteiger partial charge in [0.05, 0.1) is 22.8 Å². The largest absolute Gasteiger partial charge is 0.384 e. The number of rotatable bonds is 3. The van der Waals surface area contributed by atoms with Crippen molar-refractivity contribution in [3.05, 3.63) is 29.6 Å². The highest BCUT2D eigenvalue weighted by molar-refractivity contribution is 7.91. The van der Waals surface area contributed by atoms with Gasteiger partial charge < -0.3 is 10.6 Å². The predicted molar refractivity (Wildman–Crippen MR) is 72.9 cm³/mol. The lowest BCUT2D eigenvalue weighted by molar-refractivity contribution is 0.600. The standard InChI is InChI=1S/C12H16FN3O2S/c1-16(8-5-6-19(17,18)7-8)10-4-2-3-9(13)11(10)12(14)15/h2-4,8H,5-7H2,1H3,(H3,14,15). The molecule has 0 aromatic heterocycles. The highest BCUT2D eigenvalue weighted by atomic mass is 32.2. The first-order valence-electron chi connectivity index (χ1n) is 5.88. The summed E-state index contributed by atoms with van der Waals surface area (Å²) in [4.78, 5) is 1.70. The summed E-state index contributed by atoms with van der Waals surface area (Å²) < 4.78 is 36.7. The number of benzene rings is 1. The highest BCUT2D eigenvalue weighted by Crippen LogP contribution is 2.27. The maximum atomic E-state index is 13.7. The first-order chi connectivity index (χ1) is 8.82. The second-order valence-electron chi connectivity index (χ2n) is 4.72. The number of halogens is 1. The average Bonchev–Trinajstić information content (AvgIpc) is 2.68. The lowest BCUT2D eigenvalue weighted by Crippen LogP contribution is -2.34. The summed E-state index contributed by atoms with van der Waals surface area (Å²) in [7, 11) is -1.31. The van der Waals surface area contributed by atoms with E-state index in [1.54, 1.807) is 18.0 Å². The molecule has 1 fully saturated rings. The molecule has 2 rings (SSSR count). The fraction of sp³-hybridized carbons (Fsp3) is 0.417. The molecule has 1 aromatic carbocycles. The lowest BCUT2D eigenvalue weighted by atomic mass is 10.1. The van der Waals surface area contributed by atoms with Crippen molar-refractivity contribution in [2.24, 2.45) is 5.73 Å². The van der Waals surface area contributed by atoms with Crippen LogP contribution in [0.1, 0.15) is 12.0 Å². The molecule has 7 heteroatoms. The Hall–Kier alpha value is -1.63. The van der Waals surface area contributed by atoms with E-state index in [1.807, 2.05) is 0 Å². The number of hydrogen-bond donors (Lipinski definition) is 2. The quantitative estimate of drug-likeness (QED) is 0.633. The van der Waals surface area contributed by atoms with Crippen LogP contribution in [0.15, 0.2) is 18.2 Å². The Morgan fingerprint density at radius 3 is 2.74 bits per heavy atom. The second kappa shape index (κ2) is 4.80. The maximum Gasteiger partial charge on any atom is 0.152 e. The molecule has 1 heterocycles. The van der Waals surface area contributed by atoms with E-state index >= 15 is 0 Å². The van der Waals surface area contributed by atoms with E-state index in [0.717, 1.165) is 0 Å². The monoisotopic (exact) mass is 285 g/mol. The van der Waals surface area contributed by atoms with Gasteiger partial charge in [-0.1, -0.05) is 6.07 Å². The number of sulfone groups is 1. The smallest absolute Gasteiger partial charge is 0.152 e. The molecule has 0 amide bonds. The molecular weight excluding hydrogens is 269 g/mol. The summed E-state index contributed by atoms with van der Waals surface area (Å²) in [5.41, 5.74) is 5.88. The molecule has 1 atom stereocenters. The van der Waals surface area contributed by atoms with E-state index in [2.05, 4.69) is 0 Å². The van der Waals surface area contributed by atoms with E-state index in [-0.39, 0.29) is 28.9 Å². The molecule has 0 radical (unpaired) electrons. The van der Waals surface area contributed by atoms with Crippen LogP contribution < -0.4 is 10.6 Å². The average molecular weight is 285 g/mol. The number of nitrogens with one attached hydrogen (secondary N) is 1. The van der Waals surface area contributed by atoms with E-state index < -0.39 is 15.7 Å². The molecule has 1 aliphatic rings. The Kier molecular flexibility index (Phi) is 3.49. The SMILES string of the molecule is CN(c1cccc(F)c1C(=N)N)C1CCS(=O)(=O)C1. The van der Waals surface area contributed by atoms with Gasteiger partial charge in [0.1, 0.15) is 11.7 Å². The van der Waals surface area contributed by atoms with Crippen LogP contribution in [0.2, 0.25) is 0 Å². The van der Waals surface area contributed by atoms with E-state index in [4.69, 9.17) is 11.1 Å². The fourth-order valence-electron chi connectivity index (χ4n) is 2.35. The van der Waals surface area contributed by atoms with Crippen LogP contribution in [0.4, 0.5) is 10.1 Å². The molecule has 104 valence electrons. The summed E-state index contributed by atoms with van der Waals surface area (Å²) >= 11 is 0. The van der Waals surface area contributed by atoms with Crippen molar-refractivity contribution in [3.8, 4) is 0 Å². The van der Waals surface area contributed by atoms with Gasteiger partial charge in [0.2, 0.25) is 0 Å². The third-order valence-corrected chi connectivity index (χ3v) is 5.15. The molecule has 0 bridgehead atoms. The van der Waals surface area contributed by atoms with Crippen LogP contribution in [0.5, 0.6) is 0 Å². The van der Waals surface area contributed by atoms with Crippen molar-refractivity contribution in [1.29, 1.82) is 5.41 Å². The highest BCUT2D eigenvalue weighted by Gasteiger charge is 2.32. The molecule has 0 spiro atoms. The normalized spacial score (nSPS) is 21.3. The number of anilines is 1. The molecule has 1 aliphatic heterocycles. The van der Waals surface area contributed by atoms with Crippen LogP contribution in [0, 0.1) is 11.2 Å². The Morgan fingerprint density at radius 2 is 2.21 bits per heavy atom. The summed E-state index contributed by atoms with van der Waals surface area (Å²) in [5, 5.41) is 7.45. The van der Waals surface area contributed by atoms with Crippen LogP contribution in [0.3, 0.4) is 0 Å². The second-order valence-corrected chi connectivity index (χ2v) is 6.94. The molecule has 1 aromatic rings. The summed E-state index contributed by atoms with van der Waals surface area (Å²) in [6, 6.07) is 4.20. The minimum absolute atomic E-state index is 0.0225. The minimum atomic E-state index is -3.01. The first kappa shape index (κ1) is 13.8. The molecular formula is C12H16FN3O2S. The molecule has 0 saturated carbocycles. The number of nitrogens with zero attached hydrogens (tertiary/aromatic N) is 1. The van der Waals surface area contributed by atoms with Gasteiger partial charge in [-0.05, 0) is 18.6 Å². The number of amidine groups is 1. The van der Waals surface area contributed by atoms with Gasteiger partial charge in [-0.25, -0.2) is 12.8 Å². The van der Waals surface area contributed by atoms with E-state index in [1.165, 1.54) is 12.1 Å². The Balaban J connectivity index is 2.37. The van der Waals surface area contributed by atoms with Crippen LogP contribution in [0.25, 0.3) is 0 Å². The van der Waals surface area contributed by atoms with Crippen molar-refractivity contribution in [1.82, 2.24) is 0 Å². The minimum Gasteiger partial charge on any atom is -0.384 e. The number of nitrogens with two attached hydrogens (primary N) is 1. The number of nitrogen functional groups attached to an aromatic ring is 1. The van der Waals surface area contributed by atoms with E-state index in [9.17, 15) is 12.8 Å². The van der Waals surface area contributed by atoms with Gasteiger partial charge in [0.15, 0.2) is 9.84 Å². The van der Waals surface area contributed by atoms with E-state index in [0.29, 0.717) is 12.1 Å². The molecule has 1 saturated heterocycles. The summed E-state index contributed by atoms with van der Waals surface area (Å²) in [6.07, 6.45) is 0.507. The lowest BCUT2D eigenvalue weighted by Gasteiger charge is -2.27. The van der Waals surface area contributed by atoms with Crippen molar-refractivity contribution in [2.75, 3.05) is 23.5 Å². The van der Waals surface area contributed by atoms with Gasteiger partial charge in [-0.2, -0.15) is 0 Å². The summed E-state index contributed by atoms with van der Waals surface area (Å²) in [5.74, 6) is -0.733. The van der Waals surface area contributed by atoms with Gasteiger partial charge in [-0.3, -0.25) is 5.41 Å². The molecule has 3 N–H and O–H groups in total. The molecule has 1 unspecified atom stereocenters. The summed E-state index contributed by atoms with van der Waals surface area (Å²) in [6.45, 7) is 0. The Labute approximate surface area is 111 Å². The van der Waals surface area contributed by atoms with Crippen molar-refractivity contribution < 1.29 is 12.8 Å². The zero-order valence-corrected chi connectivity index (χ0v) is 11.4. The zero-order valence-electron chi connectivity index (χ0n) is 10.6. The molecule has 5 nitrogen and oxygen atoms in total. The number of hydrogen-bond acceptors (Lipinski definition) is 4. The third-order valence-electron chi connectivity index (χ3n) is 3.40. The Morgan fingerprint density at radius 1 is 1.53 bits per heavy atom.